The van der Waals surface area contributed by atoms with Crippen molar-refractivity contribution in [3.05, 3.63) is 29.6 Å². The molecular formula is C12H16BrFO2. The van der Waals surface area contributed by atoms with E-state index in [1.807, 2.05) is 19.9 Å². The molecule has 0 aliphatic carbocycles. The Morgan fingerprint density at radius 3 is 2.69 bits per heavy atom. The molecule has 0 amide bonds. The topological polar surface area (TPSA) is 18.5 Å². The summed E-state index contributed by atoms with van der Waals surface area (Å²) in [6.07, 6.45) is 0.167. The lowest BCUT2D eigenvalue weighted by atomic mass is 10.2. The second kappa shape index (κ2) is 6.86. The van der Waals surface area contributed by atoms with Crippen LogP contribution in [-0.2, 0) is 10.1 Å². The number of hydrogen-bond donors (Lipinski definition) is 0. The fraction of sp³-hybridized carbons (Fsp3) is 0.500. The maximum absolute atomic E-state index is 13.4. The van der Waals surface area contributed by atoms with Gasteiger partial charge in [0.2, 0.25) is 0 Å². The van der Waals surface area contributed by atoms with Gasteiger partial charge in [-0.1, -0.05) is 28.1 Å². The number of alkyl halides is 1. The lowest BCUT2D eigenvalue weighted by Gasteiger charge is -2.12. The molecule has 0 unspecified atom stereocenters. The van der Waals surface area contributed by atoms with Crippen LogP contribution in [0.5, 0.6) is 5.75 Å². The van der Waals surface area contributed by atoms with E-state index in [4.69, 9.17) is 9.47 Å². The summed E-state index contributed by atoms with van der Waals surface area (Å²) >= 11 is 3.30. The van der Waals surface area contributed by atoms with Crippen molar-refractivity contribution < 1.29 is 13.9 Å². The van der Waals surface area contributed by atoms with Gasteiger partial charge < -0.3 is 9.47 Å². The first kappa shape index (κ1) is 13.5. The highest BCUT2D eigenvalue weighted by Crippen LogP contribution is 2.24. The zero-order valence-corrected chi connectivity index (χ0v) is 11.1. The summed E-state index contributed by atoms with van der Waals surface area (Å²) in [5.74, 6) is -0.0202. The molecule has 2 nitrogen and oxygen atoms in total. The summed E-state index contributed by atoms with van der Waals surface area (Å²) < 4.78 is 24.1. The van der Waals surface area contributed by atoms with Crippen LogP contribution < -0.4 is 4.74 Å². The van der Waals surface area contributed by atoms with Crippen molar-refractivity contribution in [2.45, 2.75) is 25.3 Å². The fourth-order valence-corrected chi connectivity index (χ4v) is 1.69. The maximum atomic E-state index is 13.4. The molecule has 0 saturated heterocycles. The van der Waals surface area contributed by atoms with Crippen LogP contribution in [0.3, 0.4) is 0 Å². The standard InChI is InChI=1S/C12H16BrFO2/c1-9(2)15-6-7-16-12-10(8-13)4-3-5-11(12)14/h3-5,9H,6-8H2,1-2H3. The Morgan fingerprint density at radius 1 is 1.31 bits per heavy atom. The van der Waals surface area contributed by atoms with E-state index >= 15 is 0 Å². The van der Waals surface area contributed by atoms with Crippen LogP contribution in [0.25, 0.3) is 0 Å². The van der Waals surface area contributed by atoms with Crippen molar-refractivity contribution in [3.8, 4) is 5.75 Å². The van der Waals surface area contributed by atoms with Gasteiger partial charge in [-0.3, -0.25) is 0 Å². The Hall–Kier alpha value is -0.610. The van der Waals surface area contributed by atoms with Crippen molar-refractivity contribution in [2.75, 3.05) is 13.2 Å². The minimum absolute atomic E-state index is 0.167. The zero-order chi connectivity index (χ0) is 12.0. The first-order valence-electron chi connectivity index (χ1n) is 5.23. The Balaban J connectivity index is 2.52. The van der Waals surface area contributed by atoms with E-state index < -0.39 is 0 Å². The number of benzene rings is 1. The Labute approximate surface area is 104 Å². The molecule has 0 bridgehead atoms. The smallest absolute Gasteiger partial charge is 0.165 e. The molecule has 16 heavy (non-hydrogen) atoms. The quantitative estimate of drug-likeness (QED) is 0.589. The third kappa shape index (κ3) is 4.10. The van der Waals surface area contributed by atoms with Gasteiger partial charge in [0.1, 0.15) is 6.61 Å². The van der Waals surface area contributed by atoms with E-state index in [1.54, 1.807) is 6.07 Å². The summed E-state index contributed by atoms with van der Waals surface area (Å²) in [4.78, 5) is 0. The molecule has 0 fully saturated rings. The van der Waals surface area contributed by atoms with Gasteiger partial charge in [-0.25, -0.2) is 4.39 Å². The van der Waals surface area contributed by atoms with Gasteiger partial charge in [-0.2, -0.15) is 0 Å². The average molecular weight is 291 g/mol. The van der Waals surface area contributed by atoms with Gasteiger partial charge >= 0.3 is 0 Å². The Morgan fingerprint density at radius 2 is 2.06 bits per heavy atom. The van der Waals surface area contributed by atoms with Gasteiger partial charge in [0.15, 0.2) is 11.6 Å². The van der Waals surface area contributed by atoms with E-state index in [2.05, 4.69) is 15.9 Å². The first-order chi connectivity index (χ1) is 7.65. The molecule has 0 N–H and O–H groups in total. The molecule has 4 heteroatoms. The monoisotopic (exact) mass is 290 g/mol. The lowest BCUT2D eigenvalue weighted by molar-refractivity contribution is 0.0542. The highest BCUT2D eigenvalue weighted by molar-refractivity contribution is 9.08. The predicted octanol–water partition coefficient (Wildman–Crippen LogP) is 3.52. The SMILES string of the molecule is CC(C)OCCOc1c(F)cccc1CBr. The zero-order valence-electron chi connectivity index (χ0n) is 9.50. The summed E-state index contributed by atoms with van der Waals surface area (Å²) in [6.45, 7) is 4.73. The second-order valence-electron chi connectivity index (χ2n) is 3.63. The summed E-state index contributed by atoms with van der Waals surface area (Å²) in [7, 11) is 0. The Bertz CT molecular complexity index is 329. The number of halogens is 2. The summed E-state index contributed by atoms with van der Waals surface area (Å²) in [5, 5.41) is 0.575. The summed E-state index contributed by atoms with van der Waals surface area (Å²) in [6, 6.07) is 4.89. The fourth-order valence-electron chi connectivity index (χ4n) is 1.25. The van der Waals surface area contributed by atoms with Crippen LogP contribution in [0, 0.1) is 5.82 Å². The van der Waals surface area contributed by atoms with Gasteiger partial charge in [-0.05, 0) is 19.9 Å². The van der Waals surface area contributed by atoms with Gasteiger partial charge in [0, 0.05) is 10.9 Å². The van der Waals surface area contributed by atoms with E-state index in [0.29, 0.717) is 24.3 Å². The van der Waals surface area contributed by atoms with E-state index in [9.17, 15) is 4.39 Å². The highest BCUT2D eigenvalue weighted by atomic mass is 79.9. The minimum Gasteiger partial charge on any atom is -0.488 e. The van der Waals surface area contributed by atoms with Crippen molar-refractivity contribution in [3.63, 3.8) is 0 Å². The molecule has 0 aliphatic heterocycles. The number of rotatable bonds is 6. The van der Waals surface area contributed by atoms with Crippen LogP contribution in [-0.4, -0.2) is 19.3 Å². The van der Waals surface area contributed by atoms with Crippen LogP contribution in [0.15, 0.2) is 18.2 Å². The van der Waals surface area contributed by atoms with Gasteiger partial charge in [-0.15, -0.1) is 0 Å². The molecule has 0 radical (unpaired) electrons. The van der Waals surface area contributed by atoms with Crippen molar-refractivity contribution in [1.82, 2.24) is 0 Å². The molecule has 1 aromatic rings. The van der Waals surface area contributed by atoms with Crippen LogP contribution >= 0.6 is 15.9 Å². The molecule has 0 spiro atoms. The van der Waals surface area contributed by atoms with Crippen molar-refractivity contribution in [2.24, 2.45) is 0 Å². The third-order valence-corrected chi connectivity index (χ3v) is 2.58. The van der Waals surface area contributed by atoms with Crippen molar-refractivity contribution >= 4 is 15.9 Å². The summed E-state index contributed by atoms with van der Waals surface area (Å²) in [5.41, 5.74) is 0.810. The maximum Gasteiger partial charge on any atom is 0.165 e. The molecular weight excluding hydrogens is 275 g/mol. The number of para-hydroxylation sites is 1. The normalized spacial score (nSPS) is 10.8. The van der Waals surface area contributed by atoms with E-state index in [1.165, 1.54) is 6.07 Å². The molecule has 90 valence electrons. The number of ether oxygens (including phenoxy) is 2. The predicted molar refractivity (Wildman–Crippen MR) is 65.6 cm³/mol. The van der Waals surface area contributed by atoms with Crippen LogP contribution in [0.4, 0.5) is 4.39 Å². The molecule has 1 aromatic carbocycles. The minimum atomic E-state index is -0.332. The lowest BCUT2D eigenvalue weighted by Crippen LogP contribution is -2.12. The van der Waals surface area contributed by atoms with E-state index in [-0.39, 0.29) is 11.9 Å². The average Bonchev–Trinajstić information content (AvgIpc) is 2.25. The largest absolute Gasteiger partial charge is 0.488 e. The van der Waals surface area contributed by atoms with Gasteiger partial charge in [0.25, 0.3) is 0 Å². The molecule has 1 rings (SSSR count). The Kier molecular flexibility index (Phi) is 5.77. The van der Waals surface area contributed by atoms with Crippen LogP contribution in [0.1, 0.15) is 19.4 Å². The number of hydrogen-bond acceptors (Lipinski definition) is 2. The second-order valence-corrected chi connectivity index (χ2v) is 4.19. The molecule has 0 aliphatic rings. The first-order valence-corrected chi connectivity index (χ1v) is 6.35. The third-order valence-electron chi connectivity index (χ3n) is 1.97. The molecule has 0 aromatic heterocycles. The van der Waals surface area contributed by atoms with Gasteiger partial charge in [0.05, 0.1) is 12.7 Å². The highest BCUT2D eigenvalue weighted by Gasteiger charge is 2.08. The molecule has 0 atom stereocenters. The van der Waals surface area contributed by atoms with Crippen molar-refractivity contribution in [1.29, 1.82) is 0 Å². The molecule has 0 saturated carbocycles. The van der Waals surface area contributed by atoms with E-state index in [0.717, 1.165) is 5.56 Å². The van der Waals surface area contributed by atoms with Crippen LogP contribution in [0.2, 0.25) is 0 Å². The molecule has 0 heterocycles.